The van der Waals surface area contributed by atoms with Gasteiger partial charge in [0.25, 0.3) is 0 Å². The van der Waals surface area contributed by atoms with Crippen LogP contribution in [0.15, 0.2) is 47.9 Å². The average molecular weight is 305 g/mol. The minimum Gasteiger partial charge on any atom is -0.409 e. The van der Waals surface area contributed by atoms with Gasteiger partial charge in [-0.15, -0.1) is 0 Å². The highest BCUT2D eigenvalue weighted by molar-refractivity contribution is 6.31. The van der Waals surface area contributed by atoms with Crippen molar-refractivity contribution in [2.75, 3.05) is 18.5 Å². The zero-order chi connectivity index (χ0) is 15.2. The number of oxime groups is 1. The summed E-state index contributed by atoms with van der Waals surface area (Å²) in [5, 5.41) is 12.5. The lowest BCUT2D eigenvalue weighted by atomic mass is 10.1. The van der Waals surface area contributed by atoms with Gasteiger partial charge in [-0.05, 0) is 42.3 Å². The minimum absolute atomic E-state index is 0.0447. The summed E-state index contributed by atoms with van der Waals surface area (Å²) in [5.41, 5.74) is 8.40. The van der Waals surface area contributed by atoms with Crippen molar-refractivity contribution in [1.82, 2.24) is 4.98 Å². The average Bonchev–Trinajstić information content (AvgIpc) is 2.52. The molecule has 0 bridgehead atoms. The Balaban J connectivity index is 2.17. The van der Waals surface area contributed by atoms with Crippen LogP contribution in [-0.4, -0.2) is 29.6 Å². The monoisotopic (exact) mass is 304 g/mol. The van der Waals surface area contributed by atoms with E-state index < -0.39 is 0 Å². The van der Waals surface area contributed by atoms with E-state index in [1.54, 1.807) is 24.5 Å². The van der Waals surface area contributed by atoms with Gasteiger partial charge < -0.3 is 15.8 Å². The van der Waals surface area contributed by atoms with Gasteiger partial charge >= 0.3 is 0 Å². The highest BCUT2D eigenvalue weighted by Crippen LogP contribution is 2.23. The molecule has 0 aliphatic rings. The molecule has 2 rings (SSSR count). The number of hydrogen-bond donors (Lipinski definition) is 2. The lowest BCUT2D eigenvalue weighted by Crippen LogP contribution is -2.25. The second-order valence-electron chi connectivity index (χ2n) is 4.67. The Labute approximate surface area is 128 Å². The number of pyridine rings is 1. The molecule has 0 saturated heterocycles. The Morgan fingerprint density at radius 2 is 2.05 bits per heavy atom. The van der Waals surface area contributed by atoms with Crippen molar-refractivity contribution in [3.05, 3.63) is 58.9 Å². The highest BCUT2D eigenvalue weighted by Gasteiger charge is 2.12. The van der Waals surface area contributed by atoms with E-state index in [9.17, 15) is 0 Å². The maximum atomic E-state index is 8.89. The Bertz CT molecular complexity index is 631. The lowest BCUT2D eigenvalue weighted by Gasteiger charge is -2.22. The van der Waals surface area contributed by atoms with Gasteiger partial charge in [0.15, 0.2) is 5.84 Å². The van der Waals surface area contributed by atoms with Crippen molar-refractivity contribution in [3.8, 4) is 0 Å². The second-order valence-corrected chi connectivity index (χ2v) is 5.11. The molecule has 0 radical (unpaired) electrons. The normalized spacial score (nSPS) is 11.4. The second kappa shape index (κ2) is 6.95. The number of hydrogen-bond acceptors (Lipinski definition) is 4. The van der Waals surface area contributed by atoms with Crippen LogP contribution in [0.5, 0.6) is 0 Å². The van der Waals surface area contributed by atoms with E-state index in [-0.39, 0.29) is 5.84 Å². The Morgan fingerprint density at radius 3 is 2.71 bits per heavy atom. The van der Waals surface area contributed by atoms with Gasteiger partial charge in [-0.1, -0.05) is 16.8 Å². The maximum Gasteiger partial charge on any atom is 0.172 e. The van der Waals surface area contributed by atoms with Crippen LogP contribution in [0.25, 0.3) is 0 Å². The predicted octanol–water partition coefficient (Wildman–Crippen LogP) is 2.51. The van der Waals surface area contributed by atoms with E-state index in [1.807, 2.05) is 30.1 Å². The van der Waals surface area contributed by atoms with Gasteiger partial charge in [-0.25, -0.2) is 0 Å². The lowest BCUT2D eigenvalue weighted by molar-refractivity contribution is 0.318. The van der Waals surface area contributed by atoms with Crippen molar-refractivity contribution in [3.63, 3.8) is 0 Å². The Hall–Kier alpha value is -2.27. The first-order chi connectivity index (χ1) is 10.1. The Kier molecular flexibility index (Phi) is 5.00. The summed E-state index contributed by atoms with van der Waals surface area (Å²) in [6, 6.07) is 9.31. The molecule has 0 saturated carbocycles. The first-order valence-electron chi connectivity index (χ1n) is 6.49. The Morgan fingerprint density at radius 1 is 1.33 bits per heavy atom. The third kappa shape index (κ3) is 3.86. The fraction of sp³-hybridized carbons (Fsp3) is 0.200. The van der Waals surface area contributed by atoms with Crippen LogP contribution in [0.4, 0.5) is 5.69 Å². The van der Waals surface area contributed by atoms with Gasteiger partial charge in [0.2, 0.25) is 0 Å². The molecule has 0 spiro atoms. The van der Waals surface area contributed by atoms with Gasteiger partial charge in [-0.3, -0.25) is 4.98 Å². The summed E-state index contributed by atoms with van der Waals surface area (Å²) in [6.45, 7) is 0.789. The molecule has 0 fully saturated rings. The minimum atomic E-state index is 0.0447. The molecule has 0 atom stereocenters. The quantitative estimate of drug-likeness (QED) is 0.385. The van der Waals surface area contributed by atoms with E-state index in [4.69, 9.17) is 22.5 Å². The number of halogens is 1. The number of aromatic nitrogens is 1. The zero-order valence-corrected chi connectivity index (χ0v) is 12.5. The topological polar surface area (TPSA) is 74.7 Å². The number of amidine groups is 1. The molecule has 2 aromatic rings. The van der Waals surface area contributed by atoms with Crippen molar-refractivity contribution in [2.24, 2.45) is 10.9 Å². The number of benzene rings is 1. The SMILES string of the molecule is CN(CCc1ccncc1)c1ccc(Cl)cc1C(N)=NO. The molecule has 21 heavy (non-hydrogen) atoms. The molecular weight excluding hydrogens is 288 g/mol. The number of anilines is 1. The molecule has 0 amide bonds. The van der Waals surface area contributed by atoms with Crippen LogP contribution < -0.4 is 10.6 Å². The van der Waals surface area contributed by atoms with E-state index in [0.29, 0.717) is 10.6 Å². The van der Waals surface area contributed by atoms with E-state index in [2.05, 4.69) is 10.1 Å². The third-order valence-corrected chi connectivity index (χ3v) is 3.47. The number of nitrogens with two attached hydrogens (primary N) is 1. The van der Waals surface area contributed by atoms with E-state index in [1.165, 1.54) is 5.56 Å². The molecular formula is C15H17ClN4O. The molecule has 3 N–H and O–H groups in total. The van der Waals surface area contributed by atoms with Crippen LogP contribution in [-0.2, 0) is 6.42 Å². The van der Waals surface area contributed by atoms with Crippen molar-refractivity contribution < 1.29 is 5.21 Å². The van der Waals surface area contributed by atoms with Crippen molar-refractivity contribution >= 4 is 23.1 Å². The van der Waals surface area contributed by atoms with Crippen molar-refractivity contribution in [1.29, 1.82) is 0 Å². The summed E-state index contributed by atoms with van der Waals surface area (Å²) in [7, 11) is 1.96. The summed E-state index contributed by atoms with van der Waals surface area (Å²) >= 11 is 5.98. The summed E-state index contributed by atoms with van der Waals surface area (Å²) in [4.78, 5) is 6.05. The molecule has 1 heterocycles. The molecule has 0 aliphatic heterocycles. The molecule has 0 unspecified atom stereocenters. The number of nitrogens with zero attached hydrogens (tertiary/aromatic N) is 3. The number of likely N-dealkylation sites (N-methyl/N-ethyl adjacent to an activating group) is 1. The largest absolute Gasteiger partial charge is 0.409 e. The zero-order valence-electron chi connectivity index (χ0n) is 11.7. The van der Waals surface area contributed by atoms with Gasteiger partial charge in [-0.2, -0.15) is 0 Å². The van der Waals surface area contributed by atoms with E-state index in [0.717, 1.165) is 18.7 Å². The van der Waals surface area contributed by atoms with Crippen LogP contribution in [0, 0.1) is 0 Å². The molecule has 5 nitrogen and oxygen atoms in total. The summed E-state index contributed by atoms with van der Waals surface area (Å²) in [5.74, 6) is 0.0447. The third-order valence-electron chi connectivity index (χ3n) is 3.24. The standard InChI is InChI=1S/C15H17ClN4O/c1-20(9-6-11-4-7-18-8-5-11)14-3-2-12(16)10-13(14)15(17)19-21/h2-5,7-8,10,21H,6,9H2,1H3,(H2,17,19). The number of rotatable bonds is 5. The molecule has 1 aromatic heterocycles. The fourth-order valence-electron chi connectivity index (χ4n) is 2.07. The fourth-order valence-corrected chi connectivity index (χ4v) is 2.24. The van der Waals surface area contributed by atoms with Gasteiger partial charge in [0, 0.05) is 42.3 Å². The van der Waals surface area contributed by atoms with Gasteiger partial charge in [0.05, 0.1) is 0 Å². The van der Waals surface area contributed by atoms with Crippen LogP contribution in [0.1, 0.15) is 11.1 Å². The van der Waals surface area contributed by atoms with Crippen molar-refractivity contribution in [2.45, 2.75) is 6.42 Å². The van der Waals surface area contributed by atoms with Gasteiger partial charge in [0.1, 0.15) is 0 Å². The first kappa shape index (κ1) is 15.1. The van der Waals surface area contributed by atoms with Crippen LogP contribution in [0.2, 0.25) is 5.02 Å². The molecule has 110 valence electrons. The highest BCUT2D eigenvalue weighted by atomic mass is 35.5. The molecule has 1 aromatic carbocycles. The molecule has 0 aliphatic carbocycles. The van der Waals surface area contributed by atoms with Crippen LogP contribution >= 0.6 is 11.6 Å². The summed E-state index contributed by atoms with van der Waals surface area (Å²) in [6.07, 6.45) is 4.43. The van der Waals surface area contributed by atoms with E-state index >= 15 is 0 Å². The maximum absolute atomic E-state index is 8.89. The first-order valence-corrected chi connectivity index (χ1v) is 6.87. The van der Waals surface area contributed by atoms with Crippen LogP contribution in [0.3, 0.4) is 0 Å². The molecule has 6 heteroatoms. The summed E-state index contributed by atoms with van der Waals surface area (Å²) < 4.78 is 0. The predicted molar refractivity (Wildman–Crippen MR) is 85.2 cm³/mol. The smallest absolute Gasteiger partial charge is 0.172 e.